The molecule has 2 saturated heterocycles. The van der Waals surface area contributed by atoms with E-state index in [0.29, 0.717) is 23.9 Å². The quantitative estimate of drug-likeness (QED) is 0.792. The minimum absolute atomic E-state index is 0.366. The molecule has 2 aliphatic heterocycles. The van der Waals surface area contributed by atoms with Crippen molar-refractivity contribution in [3.8, 4) is 0 Å². The van der Waals surface area contributed by atoms with Crippen LogP contribution in [0, 0.1) is 5.92 Å². The number of rotatable bonds is 3. The fourth-order valence-electron chi connectivity index (χ4n) is 3.09. The molecule has 0 radical (unpaired) electrons. The van der Waals surface area contributed by atoms with Crippen LogP contribution in [0.1, 0.15) is 46.0 Å². The van der Waals surface area contributed by atoms with Crippen LogP contribution in [0.2, 0.25) is 0 Å². The zero-order valence-corrected chi connectivity index (χ0v) is 10.5. The topological polar surface area (TPSA) is 32.3 Å². The highest BCUT2D eigenvalue weighted by Gasteiger charge is 2.29. The van der Waals surface area contributed by atoms with Crippen molar-refractivity contribution in [2.24, 2.45) is 5.92 Å². The highest BCUT2D eigenvalue weighted by atomic mass is 16.2. The molecule has 2 aliphatic rings. The summed E-state index contributed by atoms with van der Waals surface area (Å²) in [6.45, 7) is 6.52. The second-order valence-electron chi connectivity index (χ2n) is 5.57. The van der Waals surface area contributed by atoms with Crippen molar-refractivity contribution in [1.29, 1.82) is 0 Å². The van der Waals surface area contributed by atoms with Crippen LogP contribution < -0.4 is 5.32 Å². The first-order valence-corrected chi connectivity index (χ1v) is 6.69. The molecule has 0 aromatic carbocycles. The van der Waals surface area contributed by atoms with Crippen molar-refractivity contribution >= 4 is 5.91 Å². The number of hydrogen-bond acceptors (Lipinski definition) is 2. The summed E-state index contributed by atoms with van der Waals surface area (Å²) in [4.78, 5) is 14.1. The number of likely N-dealkylation sites (tertiary alicyclic amines) is 1. The number of amides is 1. The molecule has 2 fully saturated rings. The third-order valence-corrected chi connectivity index (χ3v) is 3.97. The Morgan fingerprint density at radius 3 is 2.81 bits per heavy atom. The zero-order chi connectivity index (χ0) is 11.5. The Hall–Kier alpha value is -0.570. The Labute approximate surface area is 98.6 Å². The maximum atomic E-state index is 12.1. The fraction of sp³-hybridized carbons (Fsp3) is 0.923. The maximum Gasteiger partial charge on any atom is 0.222 e. The largest absolute Gasteiger partial charge is 0.340 e. The van der Waals surface area contributed by atoms with E-state index in [1.54, 1.807) is 0 Å². The van der Waals surface area contributed by atoms with Gasteiger partial charge in [0.1, 0.15) is 0 Å². The van der Waals surface area contributed by atoms with E-state index in [9.17, 15) is 4.79 Å². The molecule has 16 heavy (non-hydrogen) atoms. The molecule has 0 aliphatic carbocycles. The number of nitrogens with zero attached hydrogens (tertiary/aromatic N) is 1. The average molecular weight is 224 g/mol. The van der Waals surface area contributed by atoms with Gasteiger partial charge in [-0.2, -0.15) is 0 Å². The molecule has 3 atom stereocenters. The number of hydrogen-bond donors (Lipinski definition) is 1. The van der Waals surface area contributed by atoms with E-state index >= 15 is 0 Å². The molecule has 1 amide bonds. The first-order valence-electron chi connectivity index (χ1n) is 6.69. The van der Waals surface area contributed by atoms with Crippen molar-refractivity contribution in [2.45, 2.75) is 58.0 Å². The van der Waals surface area contributed by atoms with E-state index in [1.165, 1.54) is 19.3 Å². The van der Waals surface area contributed by atoms with Gasteiger partial charge in [-0.05, 0) is 45.1 Å². The standard InChI is InChI=1S/C13H24N2O/c1-10-8-11(2)15(9-10)13(16)6-5-12-4-3-7-14-12/h10-12,14H,3-9H2,1-2H3. The molecule has 1 N–H and O–H groups in total. The molecule has 92 valence electrons. The number of carbonyl (C=O) groups excluding carboxylic acids is 1. The SMILES string of the molecule is CC1CC(C)N(C(=O)CCC2CCCN2)C1. The van der Waals surface area contributed by atoms with Crippen molar-refractivity contribution in [2.75, 3.05) is 13.1 Å². The lowest BCUT2D eigenvalue weighted by Gasteiger charge is -2.22. The molecule has 3 unspecified atom stereocenters. The molecule has 0 aromatic heterocycles. The Balaban J connectivity index is 1.74. The summed E-state index contributed by atoms with van der Waals surface area (Å²) < 4.78 is 0. The zero-order valence-electron chi connectivity index (χ0n) is 10.5. The average Bonchev–Trinajstić information content (AvgIpc) is 2.84. The number of carbonyl (C=O) groups is 1. The van der Waals surface area contributed by atoms with Crippen LogP contribution in [0.15, 0.2) is 0 Å². The van der Waals surface area contributed by atoms with E-state index in [-0.39, 0.29) is 0 Å². The summed E-state index contributed by atoms with van der Waals surface area (Å²) in [5.41, 5.74) is 0. The monoisotopic (exact) mass is 224 g/mol. The van der Waals surface area contributed by atoms with Gasteiger partial charge in [0.25, 0.3) is 0 Å². The van der Waals surface area contributed by atoms with Gasteiger partial charge >= 0.3 is 0 Å². The summed E-state index contributed by atoms with van der Waals surface area (Å²) in [5.74, 6) is 1.05. The Morgan fingerprint density at radius 2 is 2.25 bits per heavy atom. The molecule has 2 heterocycles. The van der Waals surface area contributed by atoms with Gasteiger partial charge in [-0.3, -0.25) is 4.79 Å². The maximum absolute atomic E-state index is 12.1. The van der Waals surface area contributed by atoms with Crippen molar-refractivity contribution in [3.63, 3.8) is 0 Å². The van der Waals surface area contributed by atoms with Gasteiger partial charge in [0, 0.05) is 25.0 Å². The molecular weight excluding hydrogens is 200 g/mol. The summed E-state index contributed by atoms with van der Waals surface area (Å²) in [7, 11) is 0. The molecule has 0 spiro atoms. The Bertz CT molecular complexity index is 248. The minimum Gasteiger partial charge on any atom is -0.340 e. The summed E-state index contributed by atoms with van der Waals surface area (Å²) in [6, 6.07) is 1.05. The van der Waals surface area contributed by atoms with E-state index in [1.807, 2.05) is 0 Å². The highest BCUT2D eigenvalue weighted by Crippen LogP contribution is 2.23. The molecule has 2 rings (SSSR count). The first kappa shape index (κ1) is 11.9. The van der Waals surface area contributed by atoms with Crippen LogP contribution in [0.25, 0.3) is 0 Å². The highest BCUT2D eigenvalue weighted by molar-refractivity contribution is 5.76. The molecule has 0 saturated carbocycles. The molecule has 0 bridgehead atoms. The Morgan fingerprint density at radius 1 is 1.44 bits per heavy atom. The van der Waals surface area contributed by atoms with E-state index in [0.717, 1.165) is 25.9 Å². The number of nitrogens with one attached hydrogen (secondary N) is 1. The molecular formula is C13H24N2O. The van der Waals surface area contributed by atoms with Crippen LogP contribution in [0.4, 0.5) is 0 Å². The molecule has 3 nitrogen and oxygen atoms in total. The second-order valence-corrected chi connectivity index (χ2v) is 5.57. The smallest absolute Gasteiger partial charge is 0.222 e. The second kappa shape index (κ2) is 5.17. The lowest BCUT2D eigenvalue weighted by atomic mass is 10.1. The van der Waals surface area contributed by atoms with Gasteiger partial charge in [-0.15, -0.1) is 0 Å². The van der Waals surface area contributed by atoms with Gasteiger partial charge in [-0.1, -0.05) is 6.92 Å². The predicted octanol–water partition coefficient (Wildman–Crippen LogP) is 1.78. The van der Waals surface area contributed by atoms with E-state index < -0.39 is 0 Å². The first-order chi connectivity index (χ1) is 7.66. The van der Waals surface area contributed by atoms with E-state index in [2.05, 4.69) is 24.1 Å². The fourth-order valence-corrected chi connectivity index (χ4v) is 3.09. The summed E-state index contributed by atoms with van der Waals surface area (Å²) in [5, 5.41) is 3.45. The summed E-state index contributed by atoms with van der Waals surface area (Å²) >= 11 is 0. The van der Waals surface area contributed by atoms with Gasteiger partial charge in [0.15, 0.2) is 0 Å². The summed E-state index contributed by atoms with van der Waals surface area (Å²) in [6.07, 6.45) is 5.45. The van der Waals surface area contributed by atoms with E-state index in [4.69, 9.17) is 0 Å². The normalized spacial score (nSPS) is 34.6. The lowest BCUT2D eigenvalue weighted by molar-refractivity contribution is -0.132. The van der Waals surface area contributed by atoms with Crippen LogP contribution in [0.5, 0.6) is 0 Å². The predicted molar refractivity (Wildman–Crippen MR) is 65.2 cm³/mol. The van der Waals surface area contributed by atoms with Gasteiger partial charge in [0.2, 0.25) is 5.91 Å². The van der Waals surface area contributed by atoms with Crippen LogP contribution in [0.3, 0.4) is 0 Å². The molecule has 3 heteroatoms. The van der Waals surface area contributed by atoms with Gasteiger partial charge in [0.05, 0.1) is 0 Å². The minimum atomic E-state index is 0.366. The third-order valence-electron chi connectivity index (χ3n) is 3.97. The Kier molecular flexibility index (Phi) is 3.85. The van der Waals surface area contributed by atoms with Crippen LogP contribution in [-0.4, -0.2) is 36.0 Å². The van der Waals surface area contributed by atoms with Gasteiger partial charge in [-0.25, -0.2) is 0 Å². The molecule has 0 aromatic rings. The van der Waals surface area contributed by atoms with Crippen LogP contribution in [-0.2, 0) is 4.79 Å². The van der Waals surface area contributed by atoms with Crippen molar-refractivity contribution < 1.29 is 4.79 Å². The van der Waals surface area contributed by atoms with Crippen LogP contribution >= 0.6 is 0 Å². The lowest BCUT2D eigenvalue weighted by Crippen LogP contribution is -2.35. The van der Waals surface area contributed by atoms with Crippen molar-refractivity contribution in [1.82, 2.24) is 10.2 Å². The van der Waals surface area contributed by atoms with Gasteiger partial charge < -0.3 is 10.2 Å². The third kappa shape index (κ3) is 2.76. The van der Waals surface area contributed by atoms with Crippen molar-refractivity contribution in [3.05, 3.63) is 0 Å².